The highest BCUT2D eigenvalue weighted by molar-refractivity contribution is 5.53. The van der Waals surface area contributed by atoms with Crippen LogP contribution in [0.25, 0.3) is 11.4 Å². The Bertz CT molecular complexity index is 823. The first kappa shape index (κ1) is 16.6. The van der Waals surface area contributed by atoms with Gasteiger partial charge in [0, 0.05) is 37.4 Å². The molecule has 1 saturated heterocycles. The van der Waals surface area contributed by atoms with Gasteiger partial charge in [-0.3, -0.25) is 10.00 Å². The van der Waals surface area contributed by atoms with Crippen LogP contribution in [0.4, 0.5) is 5.69 Å². The first-order valence-corrected chi connectivity index (χ1v) is 8.90. The van der Waals surface area contributed by atoms with Crippen molar-refractivity contribution in [2.45, 2.75) is 6.54 Å². The van der Waals surface area contributed by atoms with E-state index in [1.807, 2.05) is 42.5 Å². The van der Waals surface area contributed by atoms with Crippen molar-refractivity contribution in [1.82, 2.24) is 20.1 Å². The normalized spacial score (nSPS) is 15.2. The first-order chi connectivity index (χ1) is 12.8. The molecule has 0 unspecified atom stereocenters. The van der Waals surface area contributed by atoms with E-state index < -0.39 is 0 Å². The highest BCUT2D eigenvalue weighted by atomic mass is 16.5. The standard InChI is InChI=1S/C20H23N5O/c1-26-18-9-7-17(8-10-18)25-13-11-24(12-14-25)15-19-21-20(23-22-19)16-5-3-2-4-6-16/h2-10H,11-15H2,1H3,(H,21,22,23). The molecular weight excluding hydrogens is 326 g/mol. The van der Waals surface area contributed by atoms with Crippen LogP contribution in [0.1, 0.15) is 5.82 Å². The van der Waals surface area contributed by atoms with Crippen LogP contribution in [-0.4, -0.2) is 53.4 Å². The molecule has 0 spiro atoms. The Hall–Kier alpha value is -2.86. The van der Waals surface area contributed by atoms with Crippen LogP contribution < -0.4 is 9.64 Å². The largest absolute Gasteiger partial charge is 0.497 e. The number of ether oxygens (including phenoxy) is 1. The number of hydrogen-bond donors (Lipinski definition) is 1. The summed E-state index contributed by atoms with van der Waals surface area (Å²) >= 11 is 0. The van der Waals surface area contributed by atoms with Crippen molar-refractivity contribution < 1.29 is 4.74 Å². The van der Waals surface area contributed by atoms with E-state index in [1.54, 1.807) is 7.11 Å². The van der Waals surface area contributed by atoms with Crippen LogP contribution in [0.5, 0.6) is 5.75 Å². The average Bonchev–Trinajstić information content (AvgIpc) is 3.18. The number of hydrogen-bond acceptors (Lipinski definition) is 5. The molecule has 0 amide bonds. The lowest BCUT2D eigenvalue weighted by atomic mass is 10.2. The number of anilines is 1. The fourth-order valence-corrected chi connectivity index (χ4v) is 3.25. The Morgan fingerprint density at radius 1 is 0.962 bits per heavy atom. The summed E-state index contributed by atoms with van der Waals surface area (Å²) in [6, 6.07) is 18.3. The third-order valence-corrected chi connectivity index (χ3v) is 4.75. The fraction of sp³-hybridized carbons (Fsp3) is 0.300. The molecule has 2 heterocycles. The van der Waals surface area contributed by atoms with Gasteiger partial charge in [0.1, 0.15) is 11.6 Å². The zero-order valence-corrected chi connectivity index (χ0v) is 14.9. The lowest BCUT2D eigenvalue weighted by molar-refractivity contribution is 0.244. The summed E-state index contributed by atoms with van der Waals surface area (Å²) < 4.78 is 5.23. The van der Waals surface area contributed by atoms with E-state index in [9.17, 15) is 0 Å². The third kappa shape index (κ3) is 3.70. The monoisotopic (exact) mass is 349 g/mol. The van der Waals surface area contributed by atoms with Gasteiger partial charge in [-0.05, 0) is 24.3 Å². The Balaban J connectivity index is 1.33. The smallest absolute Gasteiger partial charge is 0.181 e. The Labute approximate surface area is 153 Å². The van der Waals surface area contributed by atoms with Crippen LogP contribution in [0.2, 0.25) is 0 Å². The zero-order valence-electron chi connectivity index (χ0n) is 14.9. The van der Waals surface area contributed by atoms with Crippen LogP contribution in [0.15, 0.2) is 54.6 Å². The summed E-state index contributed by atoms with van der Waals surface area (Å²) in [7, 11) is 1.69. The van der Waals surface area contributed by atoms with Gasteiger partial charge in [-0.2, -0.15) is 5.10 Å². The molecule has 26 heavy (non-hydrogen) atoms. The van der Waals surface area contributed by atoms with E-state index in [4.69, 9.17) is 4.74 Å². The van der Waals surface area contributed by atoms with E-state index >= 15 is 0 Å². The Morgan fingerprint density at radius 2 is 1.69 bits per heavy atom. The summed E-state index contributed by atoms with van der Waals surface area (Å²) in [6.07, 6.45) is 0. The Morgan fingerprint density at radius 3 is 2.38 bits per heavy atom. The topological polar surface area (TPSA) is 57.3 Å². The molecule has 4 rings (SSSR count). The maximum absolute atomic E-state index is 5.23. The van der Waals surface area contributed by atoms with Gasteiger partial charge >= 0.3 is 0 Å². The average molecular weight is 349 g/mol. The third-order valence-electron chi connectivity index (χ3n) is 4.75. The second-order valence-corrected chi connectivity index (χ2v) is 6.43. The molecule has 2 aromatic carbocycles. The molecule has 6 heteroatoms. The van der Waals surface area contributed by atoms with Crippen LogP contribution in [-0.2, 0) is 6.54 Å². The summed E-state index contributed by atoms with van der Waals surface area (Å²) in [5.41, 5.74) is 2.29. The lowest BCUT2D eigenvalue weighted by Crippen LogP contribution is -2.46. The number of nitrogens with one attached hydrogen (secondary N) is 1. The molecule has 134 valence electrons. The molecule has 0 bridgehead atoms. The fourth-order valence-electron chi connectivity index (χ4n) is 3.25. The van der Waals surface area contributed by atoms with Gasteiger partial charge in [0.2, 0.25) is 0 Å². The van der Waals surface area contributed by atoms with Crippen molar-refractivity contribution >= 4 is 5.69 Å². The van der Waals surface area contributed by atoms with Crippen LogP contribution >= 0.6 is 0 Å². The number of benzene rings is 2. The van der Waals surface area contributed by atoms with Gasteiger partial charge in [-0.25, -0.2) is 4.98 Å². The first-order valence-electron chi connectivity index (χ1n) is 8.90. The minimum absolute atomic E-state index is 0.762. The van der Waals surface area contributed by atoms with Crippen molar-refractivity contribution in [1.29, 1.82) is 0 Å². The number of rotatable bonds is 5. The second-order valence-electron chi connectivity index (χ2n) is 6.43. The van der Waals surface area contributed by atoms with E-state index in [0.717, 1.165) is 55.7 Å². The van der Waals surface area contributed by atoms with Crippen molar-refractivity contribution in [3.8, 4) is 17.1 Å². The SMILES string of the molecule is COc1ccc(N2CCN(Cc3nc(-c4ccccc4)n[nH]3)CC2)cc1. The molecule has 0 radical (unpaired) electrons. The Kier molecular flexibility index (Phi) is 4.84. The summed E-state index contributed by atoms with van der Waals surface area (Å²) in [4.78, 5) is 9.46. The quantitative estimate of drug-likeness (QED) is 0.768. The maximum Gasteiger partial charge on any atom is 0.181 e. The van der Waals surface area contributed by atoms with E-state index in [2.05, 4.69) is 37.1 Å². The van der Waals surface area contributed by atoms with Gasteiger partial charge in [-0.1, -0.05) is 30.3 Å². The minimum atomic E-state index is 0.762. The summed E-state index contributed by atoms with van der Waals surface area (Å²) in [6.45, 7) is 4.83. The predicted octanol–water partition coefficient (Wildman–Crippen LogP) is 2.80. The molecule has 1 aliphatic rings. The zero-order chi connectivity index (χ0) is 17.8. The number of H-pyrrole nitrogens is 1. The highest BCUT2D eigenvalue weighted by Gasteiger charge is 2.18. The molecule has 0 saturated carbocycles. The lowest BCUT2D eigenvalue weighted by Gasteiger charge is -2.35. The maximum atomic E-state index is 5.23. The van der Waals surface area contributed by atoms with Crippen LogP contribution in [0.3, 0.4) is 0 Å². The highest BCUT2D eigenvalue weighted by Crippen LogP contribution is 2.21. The van der Waals surface area contributed by atoms with Gasteiger partial charge in [0.15, 0.2) is 5.82 Å². The number of aromatic nitrogens is 3. The molecule has 1 N–H and O–H groups in total. The van der Waals surface area contributed by atoms with Gasteiger partial charge in [-0.15, -0.1) is 0 Å². The molecule has 1 aliphatic heterocycles. The minimum Gasteiger partial charge on any atom is -0.497 e. The van der Waals surface area contributed by atoms with Crippen LogP contribution in [0, 0.1) is 0 Å². The number of methoxy groups -OCH3 is 1. The van der Waals surface area contributed by atoms with E-state index in [-0.39, 0.29) is 0 Å². The van der Waals surface area contributed by atoms with Gasteiger partial charge in [0.05, 0.1) is 13.7 Å². The molecule has 3 aromatic rings. The van der Waals surface area contributed by atoms with E-state index in [1.165, 1.54) is 5.69 Å². The second kappa shape index (κ2) is 7.58. The summed E-state index contributed by atoms with van der Waals surface area (Å²) in [5.74, 6) is 2.58. The molecule has 0 aliphatic carbocycles. The van der Waals surface area contributed by atoms with E-state index in [0.29, 0.717) is 0 Å². The number of nitrogens with zero attached hydrogens (tertiary/aromatic N) is 4. The predicted molar refractivity (Wildman–Crippen MR) is 102 cm³/mol. The molecule has 1 fully saturated rings. The molecular formula is C20H23N5O. The van der Waals surface area contributed by atoms with Crippen molar-refractivity contribution in [3.05, 3.63) is 60.4 Å². The van der Waals surface area contributed by atoms with Crippen molar-refractivity contribution in [3.63, 3.8) is 0 Å². The number of aromatic amines is 1. The van der Waals surface area contributed by atoms with Gasteiger partial charge < -0.3 is 9.64 Å². The van der Waals surface area contributed by atoms with Gasteiger partial charge in [0.25, 0.3) is 0 Å². The molecule has 1 aromatic heterocycles. The molecule has 0 atom stereocenters. The number of piperazine rings is 1. The van der Waals surface area contributed by atoms with Crippen molar-refractivity contribution in [2.75, 3.05) is 38.2 Å². The molecule has 6 nitrogen and oxygen atoms in total. The van der Waals surface area contributed by atoms with Crippen molar-refractivity contribution in [2.24, 2.45) is 0 Å². The summed E-state index contributed by atoms with van der Waals surface area (Å²) in [5, 5.41) is 7.42.